The summed E-state index contributed by atoms with van der Waals surface area (Å²) in [6, 6.07) is 1.09. The Balaban J connectivity index is 3.23. The fraction of sp³-hybridized carbons (Fsp3) is 1.00. The first-order valence-electron chi connectivity index (χ1n) is 6.85. The zero-order valence-corrected chi connectivity index (χ0v) is 12.8. The Morgan fingerprint density at radius 1 is 0.765 bits per heavy atom. The maximum Gasteiger partial charge on any atom is 0.334 e. The van der Waals surface area contributed by atoms with E-state index in [4.69, 9.17) is 8.85 Å². The molecule has 17 heavy (non-hydrogen) atoms. The molecule has 0 aliphatic carbocycles. The summed E-state index contributed by atoms with van der Waals surface area (Å²) in [7, 11) is 1.68. The molecule has 0 radical (unpaired) electrons. The van der Waals surface area contributed by atoms with Crippen LogP contribution in [0.3, 0.4) is 0 Å². The summed E-state index contributed by atoms with van der Waals surface area (Å²) in [5, 5.41) is 0. The van der Waals surface area contributed by atoms with E-state index < -0.39 is 8.56 Å². The molecule has 0 fully saturated rings. The SMILES string of the molecule is CO[Si](C)(CCCCCCCCCCF)OC. The van der Waals surface area contributed by atoms with E-state index in [-0.39, 0.29) is 6.67 Å². The molecule has 0 unspecified atom stereocenters. The van der Waals surface area contributed by atoms with Crippen molar-refractivity contribution in [2.24, 2.45) is 0 Å². The van der Waals surface area contributed by atoms with Crippen molar-refractivity contribution in [1.82, 2.24) is 0 Å². The molecule has 0 aliphatic heterocycles. The van der Waals surface area contributed by atoms with Crippen molar-refractivity contribution in [1.29, 1.82) is 0 Å². The van der Waals surface area contributed by atoms with Crippen LogP contribution in [0, 0.1) is 0 Å². The number of hydrogen-bond donors (Lipinski definition) is 0. The van der Waals surface area contributed by atoms with Crippen LogP contribution >= 0.6 is 0 Å². The van der Waals surface area contributed by atoms with Crippen molar-refractivity contribution in [2.45, 2.75) is 64.0 Å². The van der Waals surface area contributed by atoms with Gasteiger partial charge in [0.05, 0.1) is 6.67 Å². The van der Waals surface area contributed by atoms with Crippen molar-refractivity contribution >= 4 is 8.56 Å². The molecule has 0 atom stereocenters. The Bertz CT molecular complexity index is 163. The van der Waals surface area contributed by atoms with Gasteiger partial charge in [-0.1, -0.05) is 44.9 Å². The highest BCUT2D eigenvalue weighted by molar-refractivity contribution is 6.65. The number of rotatable bonds is 12. The van der Waals surface area contributed by atoms with Crippen LogP contribution in [0.2, 0.25) is 12.6 Å². The number of unbranched alkanes of at least 4 members (excludes halogenated alkanes) is 7. The van der Waals surface area contributed by atoms with Crippen molar-refractivity contribution in [2.75, 3.05) is 20.9 Å². The predicted molar refractivity (Wildman–Crippen MR) is 73.4 cm³/mol. The highest BCUT2D eigenvalue weighted by Gasteiger charge is 2.27. The first-order valence-corrected chi connectivity index (χ1v) is 9.37. The van der Waals surface area contributed by atoms with Gasteiger partial charge in [0.15, 0.2) is 0 Å². The molecule has 0 saturated carbocycles. The van der Waals surface area contributed by atoms with Gasteiger partial charge in [0, 0.05) is 14.2 Å². The summed E-state index contributed by atoms with van der Waals surface area (Å²) in [6.45, 7) is 1.96. The summed E-state index contributed by atoms with van der Waals surface area (Å²) in [5.41, 5.74) is 0. The molecule has 0 spiro atoms. The van der Waals surface area contributed by atoms with E-state index in [1.54, 1.807) is 14.2 Å². The molecule has 2 nitrogen and oxygen atoms in total. The van der Waals surface area contributed by atoms with E-state index in [1.807, 2.05) is 0 Å². The topological polar surface area (TPSA) is 18.5 Å². The van der Waals surface area contributed by atoms with Gasteiger partial charge in [-0.2, -0.15) is 0 Å². The minimum Gasteiger partial charge on any atom is -0.398 e. The van der Waals surface area contributed by atoms with Crippen molar-refractivity contribution in [3.8, 4) is 0 Å². The first kappa shape index (κ1) is 17.1. The lowest BCUT2D eigenvalue weighted by molar-refractivity contribution is 0.248. The predicted octanol–water partition coefficient (Wildman–Crippen LogP) is 4.44. The molecule has 0 N–H and O–H groups in total. The molecule has 4 heteroatoms. The van der Waals surface area contributed by atoms with Crippen LogP contribution in [0.1, 0.15) is 51.4 Å². The van der Waals surface area contributed by atoms with Gasteiger partial charge in [-0.05, 0) is 19.0 Å². The van der Waals surface area contributed by atoms with Gasteiger partial charge in [-0.3, -0.25) is 4.39 Å². The zero-order chi connectivity index (χ0) is 13.0. The highest BCUT2D eigenvalue weighted by Crippen LogP contribution is 2.17. The van der Waals surface area contributed by atoms with Gasteiger partial charge in [0.1, 0.15) is 0 Å². The molecule has 0 heterocycles. The third kappa shape index (κ3) is 9.74. The van der Waals surface area contributed by atoms with E-state index in [2.05, 4.69) is 6.55 Å². The van der Waals surface area contributed by atoms with Crippen LogP contribution in [0.15, 0.2) is 0 Å². The molecule has 0 aromatic heterocycles. The van der Waals surface area contributed by atoms with Gasteiger partial charge >= 0.3 is 8.56 Å². The van der Waals surface area contributed by atoms with Crippen LogP contribution in [0.4, 0.5) is 4.39 Å². The van der Waals surface area contributed by atoms with Crippen molar-refractivity contribution < 1.29 is 13.2 Å². The van der Waals surface area contributed by atoms with E-state index in [0.29, 0.717) is 0 Å². The maximum absolute atomic E-state index is 11.8. The Kier molecular flexibility index (Phi) is 11.2. The lowest BCUT2D eigenvalue weighted by Crippen LogP contribution is -2.35. The van der Waals surface area contributed by atoms with E-state index in [0.717, 1.165) is 18.9 Å². The normalized spacial score (nSPS) is 12.0. The Labute approximate surface area is 107 Å². The van der Waals surface area contributed by atoms with Crippen LogP contribution in [0.5, 0.6) is 0 Å². The molecular weight excluding hydrogens is 235 g/mol. The minimum atomic E-state index is -1.83. The summed E-state index contributed by atoms with van der Waals surface area (Å²) < 4.78 is 22.7. The van der Waals surface area contributed by atoms with Crippen LogP contribution in [-0.2, 0) is 8.85 Å². The number of hydrogen-bond acceptors (Lipinski definition) is 2. The molecule has 0 aromatic rings. The van der Waals surface area contributed by atoms with E-state index >= 15 is 0 Å². The van der Waals surface area contributed by atoms with Gasteiger partial charge in [0.25, 0.3) is 0 Å². The van der Waals surface area contributed by atoms with E-state index in [9.17, 15) is 4.39 Å². The minimum absolute atomic E-state index is 0.156. The zero-order valence-electron chi connectivity index (χ0n) is 11.8. The van der Waals surface area contributed by atoms with Gasteiger partial charge < -0.3 is 8.85 Å². The highest BCUT2D eigenvalue weighted by atomic mass is 28.4. The molecule has 0 rings (SSSR count). The monoisotopic (exact) mass is 264 g/mol. The average Bonchev–Trinajstić information content (AvgIpc) is 2.36. The summed E-state index contributed by atoms with van der Waals surface area (Å²) >= 11 is 0. The second-order valence-corrected chi connectivity index (χ2v) is 8.39. The Hall–Kier alpha value is 0.0669. The first-order chi connectivity index (χ1) is 8.18. The van der Waals surface area contributed by atoms with Crippen molar-refractivity contribution in [3.63, 3.8) is 0 Å². The molecule has 104 valence electrons. The number of halogens is 1. The fourth-order valence-corrected chi connectivity index (χ4v) is 3.36. The summed E-state index contributed by atoms with van der Waals surface area (Å²) in [4.78, 5) is 0. The molecular formula is C13H29FO2Si. The second kappa shape index (κ2) is 11.2. The fourth-order valence-electron chi connectivity index (χ4n) is 1.89. The Morgan fingerprint density at radius 2 is 1.18 bits per heavy atom. The lowest BCUT2D eigenvalue weighted by atomic mass is 10.1. The van der Waals surface area contributed by atoms with Crippen molar-refractivity contribution in [3.05, 3.63) is 0 Å². The third-order valence-corrected chi connectivity index (χ3v) is 6.37. The van der Waals surface area contributed by atoms with Gasteiger partial charge in [-0.15, -0.1) is 0 Å². The molecule has 0 aliphatic rings. The van der Waals surface area contributed by atoms with E-state index in [1.165, 1.54) is 38.5 Å². The standard InChI is InChI=1S/C13H29FO2Si/c1-15-17(3,16-2)13-11-9-7-5-4-6-8-10-12-14/h4-13H2,1-3H3. The van der Waals surface area contributed by atoms with Crippen LogP contribution in [0.25, 0.3) is 0 Å². The number of alkyl halides is 1. The third-order valence-electron chi connectivity index (χ3n) is 3.38. The van der Waals surface area contributed by atoms with Crippen LogP contribution in [-0.4, -0.2) is 29.5 Å². The summed E-state index contributed by atoms with van der Waals surface area (Å²) in [6.07, 6.45) is 9.27. The second-order valence-electron chi connectivity index (χ2n) is 4.81. The van der Waals surface area contributed by atoms with Gasteiger partial charge in [0.2, 0.25) is 0 Å². The quantitative estimate of drug-likeness (QED) is 0.383. The summed E-state index contributed by atoms with van der Waals surface area (Å²) in [5.74, 6) is 0. The lowest BCUT2D eigenvalue weighted by Gasteiger charge is -2.22. The molecule has 0 aromatic carbocycles. The molecule has 0 saturated heterocycles. The largest absolute Gasteiger partial charge is 0.398 e. The molecule has 0 amide bonds. The maximum atomic E-state index is 11.8. The average molecular weight is 264 g/mol. The van der Waals surface area contributed by atoms with Gasteiger partial charge in [-0.25, -0.2) is 0 Å². The van der Waals surface area contributed by atoms with Crippen LogP contribution < -0.4 is 0 Å². The Morgan fingerprint density at radius 3 is 1.59 bits per heavy atom. The smallest absolute Gasteiger partial charge is 0.334 e. The molecule has 0 bridgehead atoms.